The third-order valence-electron chi connectivity index (χ3n) is 5.50. The standard InChI is InChI=1S/C23H25F3N6O3S2/c1-4-37(3,34)31-17-5-6-20(27-10-17)32-21(28-13-29-32)14(2)30-22(33)15-7-16(23(24,25)26)9-18(8-15)35-19-11-36-12-19/h5-10,13-14,19H,4,11-12H2,1-3H3,(H,30,33)/t14-,37?/m0/s1. The van der Waals surface area contributed by atoms with Crippen LogP contribution < -0.4 is 10.1 Å². The summed E-state index contributed by atoms with van der Waals surface area (Å²) < 4.78 is 63.8. The first-order valence-electron chi connectivity index (χ1n) is 11.3. The SMILES string of the molecule is CCS(C)(=O)=Nc1ccc(-n2ncnc2[C@H](C)NC(=O)c2cc(OC3CSC3)cc(C(F)(F)F)c2)nc1. The summed E-state index contributed by atoms with van der Waals surface area (Å²) in [5.74, 6) is 1.73. The molecule has 0 aliphatic carbocycles. The molecule has 1 aliphatic heterocycles. The number of carbonyl (C=O) groups is 1. The van der Waals surface area contributed by atoms with Gasteiger partial charge in [0, 0.05) is 38.8 Å². The molecule has 9 nitrogen and oxygen atoms in total. The Morgan fingerprint density at radius 3 is 2.65 bits per heavy atom. The number of rotatable bonds is 8. The minimum Gasteiger partial charge on any atom is -0.489 e. The summed E-state index contributed by atoms with van der Waals surface area (Å²) in [7, 11) is -2.35. The number of nitrogens with one attached hydrogen (secondary N) is 1. The van der Waals surface area contributed by atoms with Gasteiger partial charge in [-0.3, -0.25) is 4.79 Å². The van der Waals surface area contributed by atoms with Crippen molar-refractivity contribution in [2.45, 2.75) is 32.2 Å². The molecule has 1 saturated heterocycles. The summed E-state index contributed by atoms with van der Waals surface area (Å²) >= 11 is 1.63. The number of benzene rings is 1. The van der Waals surface area contributed by atoms with E-state index < -0.39 is 33.4 Å². The minimum atomic E-state index is -4.64. The van der Waals surface area contributed by atoms with Crippen molar-refractivity contribution < 1.29 is 26.9 Å². The fourth-order valence-corrected chi connectivity index (χ4v) is 4.60. The van der Waals surface area contributed by atoms with E-state index >= 15 is 0 Å². The number of thioether (sulfide) groups is 1. The van der Waals surface area contributed by atoms with Gasteiger partial charge in [-0.2, -0.15) is 39.1 Å². The summed E-state index contributed by atoms with van der Waals surface area (Å²) in [5, 5.41) is 6.82. The van der Waals surface area contributed by atoms with Crippen molar-refractivity contribution in [1.82, 2.24) is 25.1 Å². The second-order valence-corrected chi connectivity index (χ2v) is 12.2. The maximum atomic E-state index is 13.5. The van der Waals surface area contributed by atoms with Crippen molar-refractivity contribution in [3.63, 3.8) is 0 Å². The minimum absolute atomic E-state index is 0.00474. The predicted octanol–water partition coefficient (Wildman–Crippen LogP) is 4.42. The smallest absolute Gasteiger partial charge is 0.416 e. The summed E-state index contributed by atoms with van der Waals surface area (Å²) in [6.45, 7) is 3.41. The Hall–Kier alpha value is -3.13. The lowest BCUT2D eigenvalue weighted by molar-refractivity contribution is -0.137. The van der Waals surface area contributed by atoms with Crippen molar-refractivity contribution in [2.24, 2.45) is 4.36 Å². The number of aromatic nitrogens is 4. The molecule has 0 bridgehead atoms. The molecule has 0 spiro atoms. The van der Waals surface area contributed by atoms with Gasteiger partial charge >= 0.3 is 6.18 Å². The Kier molecular flexibility index (Phi) is 7.78. The highest BCUT2D eigenvalue weighted by molar-refractivity contribution is 8.00. The second kappa shape index (κ2) is 10.7. The van der Waals surface area contributed by atoms with Gasteiger partial charge in [-0.1, -0.05) is 6.92 Å². The number of pyridine rings is 1. The van der Waals surface area contributed by atoms with Crippen LogP contribution in [0.2, 0.25) is 0 Å². The monoisotopic (exact) mass is 554 g/mol. The fraction of sp³-hybridized carbons (Fsp3) is 0.391. The Morgan fingerprint density at radius 2 is 2.05 bits per heavy atom. The van der Waals surface area contributed by atoms with Crippen LogP contribution in [0.15, 0.2) is 47.2 Å². The van der Waals surface area contributed by atoms with Gasteiger partial charge in [-0.05, 0) is 37.3 Å². The van der Waals surface area contributed by atoms with E-state index in [2.05, 4.69) is 24.7 Å². The number of amides is 1. The molecule has 2 aromatic heterocycles. The number of nitrogens with zero attached hydrogens (tertiary/aromatic N) is 5. The molecule has 3 aromatic rings. The molecule has 1 aliphatic rings. The average Bonchev–Trinajstić information content (AvgIpc) is 3.31. The molecule has 0 radical (unpaired) electrons. The lowest BCUT2D eigenvalue weighted by Crippen LogP contribution is -2.32. The highest BCUT2D eigenvalue weighted by atomic mass is 32.2. The first-order chi connectivity index (χ1) is 17.4. The third-order valence-corrected chi connectivity index (χ3v) is 8.38. The lowest BCUT2D eigenvalue weighted by Gasteiger charge is -2.26. The molecule has 1 fully saturated rings. The zero-order valence-corrected chi connectivity index (χ0v) is 21.9. The Balaban J connectivity index is 1.54. The van der Waals surface area contributed by atoms with Crippen molar-refractivity contribution in [3.8, 4) is 11.6 Å². The first kappa shape index (κ1) is 26.9. The molecule has 1 unspecified atom stereocenters. The molecule has 1 N–H and O–H groups in total. The van der Waals surface area contributed by atoms with Gasteiger partial charge in [0.05, 0.1) is 23.5 Å². The van der Waals surface area contributed by atoms with Gasteiger partial charge in [-0.25, -0.2) is 14.2 Å². The van der Waals surface area contributed by atoms with E-state index in [1.54, 1.807) is 44.0 Å². The zero-order valence-electron chi connectivity index (χ0n) is 20.2. The van der Waals surface area contributed by atoms with Crippen molar-refractivity contribution >= 4 is 33.1 Å². The van der Waals surface area contributed by atoms with Crippen LogP contribution in [-0.2, 0) is 15.9 Å². The lowest BCUT2D eigenvalue weighted by atomic mass is 10.1. The van der Waals surface area contributed by atoms with Crippen LogP contribution in [0.1, 0.15) is 41.6 Å². The average molecular weight is 555 g/mol. The van der Waals surface area contributed by atoms with E-state index in [9.17, 15) is 22.2 Å². The largest absolute Gasteiger partial charge is 0.489 e. The van der Waals surface area contributed by atoms with Gasteiger partial charge in [0.15, 0.2) is 11.6 Å². The molecule has 1 aromatic carbocycles. The zero-order chi connectivity index (χ0) is 26.8. The Bertz CT molecular complexity index is 1400. The number of halogens is 3. The van der Waals surface area contributed by atoms with E-state index in [0.717, 1.165) is 12.1 Å². The molecule has 14 heteroatoms. The van der Waals surface area contributed by atoms with Crippen LogP contribution in [0.5, 0.6) is 5.75 Å². The molecule has 198 valence electrons. The third kappa shape index (κ3) is 6.60. The van der Waals surface area contributed by atoms with Crippen molar-refractivity contribution in [3.05, 3.63) is 59.8 Å². The van der Waals surface area contributed by atoms with Gasteiger partial charge < -0.3 is 10.1 Å². The Morgan fingerprint density at radius 1 is 1.30 bits per heavy atom. The van der Waals surface area contributed by atoms with Crippen LogP contribution >= 0.6 is 11.8 Å². The second-order valence-electron chi connectivity index (χ2n) is 8.46. The van der Waals surface area contributed by atoms with Crippen molar-refractivity contribution in [2.75, 3.05) is 23.5 Å². The van der Waals surface area contributed by atoms with E-state index in [-0.39, 0.29) is 17.4 Å². The maximum absolute atomic E-state index is 13.5. The molecule has 3 heterocycles. The number of alkyl halides is 3. The molecule has 2 atom stereocenters. The van der Waals surface area contributed by atoms with Crippen LogP contribution in [-0.4, -0.2) is 59.5 Å². The quantitative estimate of drug-likeness (QED) is 0.439. The summed E-state index contributed by atoms with van der Waals surface area (Å²) in [6, 6.07) is 5.53. The molecule has 37 heavy (non-hydrogen) atoms. The van der Waals surface area contributed by atoms with E-state index in [1.165, 1.54) is 23.3 Å². The maximum Gasteiger partial charge on any atom is 0.416 e. The highest BCUT2D eigenvalue weighted by Crippen LogP contribution is 2.34. The molecular formula is C23H25F3N6O3S2. The van der Waals surface area contributed by atoms with E-state index in [1.807, 2.05) is 0 Å². The van der Waals surface area contributed by atoms with Gasteiger partial charge in [0.2, 0.25) is 0 Å². The van der Waals surface area contributed by atoms with E-state index in [0.29, 0.717) is 34.6 Å². The highest BCUT2D eigenvalue weighted by Gasteiger charge is 2.33. The van der Waals surface area contributed by atoms with E-state index in [4.69, 9.17) is 4.74 Å². The molecule has 0 saturated carbocycles. The van der Waals surface area contributed by atoms with Gasteiger partial charge in [-0.15, -0.1) is 0 Å². The summed E-state index contributed by atoms with van der Waals surface area (Å²) in [6.07, 6.45) is -0.527. The Labute approximate surface area is 216 Å². The molecule has 1 amide bonds. The fourth-order valence-electron chi connectivity index (χ4n) is 3.35. The number of ether oxygens (including phenoxy) is 1. The topological polar surface area (TPSA) is 111 Å². The summed E-state index contributed by atoms with van der Waals surface area (Å²) in [4.78, 5) is 21.4. The first-order valence-corrected chi connectivity index (χ1v) is 14.5. The summed E-state index contributed by atoms with van der Waals surface area (Å²) in [5.41, 5.74) is -0.700. The molecule has 4 rings (SSSR count). The van der Waals surface area contributed by atoms with Gasteiger partial charge in [0.25, 0.3) is 5.91 Å². The van der Waals surface area contributed by atoms with Crippen LogP contribution in [0, 0.1) is 0 Å². The number of hydrogen-bond donors (Lipinski definition) is 1. The van der Waals surface area contributed by atoms with Crippen LogP contribution in [0.4, 0.5) is 18.9 Å². The van der Waals surface area contributed by atoms with Crippen LogP contribution in [0.3, 0.4) is 0 Å². The molecular weight excluding hydrogens is 529 g/mol. The van der Waals surface area contributed by atoms with Gasteiger partial charge in [0.1, 0.15) is 18.2 Å². The number of carbonyl (C=O) groups excluding carboxylic acids is 1. The normalized spacial score (nSPS) is 16.4. The predicted molar refractivity (Wildman–Crippen MR) is 135 cm³/mol. The van der Waals surface area contributed by atoms with Crippen molar-refractivity contribution in [1.29, 1.82) is 0 Å². The number of hydrogen-bond acceptors (Lipinski definition) is 8. The van der Waals surface area contributed by atoms with Crippen LogP contribution in [0.25, 0.3) is 5.82 Å².